The number of hydrogen-bond acceptors (Lipinski definition) is 5. The summed E-state index contributed by atoms with van der Waals surface area (Å²) in [5.41, 5.74) is 3.13. The highest BCUT2D eigenvalue weighted by Gasteiger charge is 2.16. The van der Waals surface area contributed by atoms with Crippen LogP contribution in [0.4, 0.5) is 27.5 Å². The summed E-state index contributed by atoms with van der Waals surface area (Å²) >= 11 is 0. The third kappa shape index (κ3) is 6.31. The standard InChI is InChI=1S/C25H29N3O4/c1-4-30-22-16-21(17-23(31-5-2)24(22)32-6-3)28-25(29)27-20-14-12-19(13-15-20)26-18-10-8-7-9-11-18/h7-17,26H,4-6H2,1-3H3,(H2,27,28,29). The van der Waals surface area contributed by atoms with Crippen LogP contribution in [0.5, 0.6) is 17.2 Å². The monoisotopic (exact) mass is 435 g/mol. The molecule has 168 valence electrons. The van der Waals surface area contributed by atoms with E-state index in [1.54, 1.807) is 12.1 Å². The number of carbonyl (C=O) groups is 1. The van der Waals surface area contributed by atoms with Gasteiger partial charge in [0.05, 0.1) is 25.5 Å². The lowest BCUT2D eigenvalue weighted by molar-refractivity contribution is 0.260. The van der Waals surface area contributed by atoms with E-state index < -0.39 is 0 Å². The summed E-state index contributed by atoms with van der Waals surface area (Å²) in [6.07, 6.45) is 0. The number of carbonyl (C=O) groups excluding carboxylic acids is 1. The van der Waals surface area contributed by atoms with E-state index in [4.69, 9.17) is 14.2 Å². The predicted molar refractivity (Wildman–Crippen MR) is 129 cm³/mol. The SMILES string of the molecule is CCOc1cc(NC(=O)Nc2ccc(Nc3ccccc3)cc2)cc(OCC)c1OCC. The Bertz CT molecular complexity index is 980. The minimum Gasteiger partial charge on any atom is -0.490 e. The molecule has 0 heterocycles. The van der Waals surface area contributed by atoms with Crippen molar-refractivity contribution in [2.75, 3.05) is 35.8 Å². The minimum absolute atomic E-state index is 0.372. The van der Waals surface area contributed by atoms with E-state index in [0.717, 1.165) is 11.4 Å². The van der Waals surface area contributed by atoms with Crippen LogP contribution in [0, 0.1) is 0 Å². The highest BCUT2D eigenvalue weighted by Crippen LogP contribution is 2.40. The van der Waals surface area contributed by atoms with Crippen LogP contribution in [0.3, 0.4) is 0 Å². The first-order valence-electron chi connectivity index (χ1n) is 10.7. The van der Waals surface area contributed by atoms with Crippen molar-refractivity contribution in [3.05, 3.63) is 66.7 Å². The number of benzene rings is 3. The fourth-order valence-corrected chi connectivity index (χ4v) is 3.08. The van der Waals surface area contributed by atoms with Gasteiger partial charge in [0.15, 0.2) is 11.5 Å². The van der Waals surface area contributed by atoms with Crippen LogP contribution in [-0.4, -0.2) is 25.9 Å². The van der Waals surface area contributed by atoms with Crippen LogP contribution in [0.25, 0.3) is 0 Å². The summed E-state index contributed by atoms with van der Waals surface area (Å²) in [4.78, 5) is 12.6. The van der Waals surface area contributed by atoms with Gasteiger partial charge in [0.25, 0.3) is 0 Å². The van der Waals surface area contributed by atoms with Crippen molar-refractivity contribution in [2.24, 2.45) is 0 Å². The van der Waals surface area contributed by atoms with Crippen LogP contribution in [-0.2, 0) is 0 Å². The predicted octanol–water partition coefficient (Wildman–Crippen LogP) is 6.27. The third-order valence-electron chi connectivity index (χ3n) is 4.37. The largest absolute Gasteiger partial charge is 0.490 e. The van der Waals surface area contributed by atoms with E-state index in [9.17, 15) is 4.79 Å². The first-order valence-corrected chi connectivity index (χ1v) is 10.7. The first kappa shape index (κ1) is 22.8. The van der Waals surface area contributed by atoms with E-state index >= 15 is 0 Å². The molecule has 3 N–H and O–H groups in total. The molecule has 0 aliphatic heterocycles. The molecule has 3 aromatic carbocycles. The quantitative estimate of drug-likeness (QED) is 0.350. The fourth-order valence-electron chi connectivity index (χ4n) is 3.08. The molecule has 7 nitrogen and oxygen atoms in total. The molecule has 0 unspecified atom stereocenters. The zero-order chi connectivity index (χ0) is 22.8. The highest BCUT2D eigenvalue weighted by molar-refractivity contribution is 6.00. The number of para-hydroxylation sites is 1. The van der Waals surface area contributed by atoms with Gasteiger partial charge in [0, 0.05) is 29.2 Å². The fraction of sp³-hybridized carbons (Fsp3) is 0.240. The maximum Gasteiger partial charge on any atom is 0.323 e. The molecule has 3 rings (SSSR count). The normalized spacial score (nSPS) is 10.2. The van der Waals surface area contributed by atoms with Gasteiger partial charge in [-0.05, 0) is 57.2 Å². The van der Waals surface area contributed by atoms with Crippen LogP contribution in [0.15, 0.2) is 66.7 Å². The zero-order valence-corrected chi connectivity index (χ0v) is 18.6. The molecular formula is C25H29N3O4. The molecule has 0 radical (unpaired) electrons. The molecule has 0 fully saturated rings. The number of hydrogen-bond donors (Lipinski definition) is 3. The van der Waals surface area contributed by atoms with Gasteiger partial charge in [-0.25, -0.2) is 4.79 Å². The van der Waals surface area contributed by atoms with Gasteiger partial charge in [-0.1, -0.05) is 18.2 Å². The maximum absolute atomic E-state index is 12.6. The van der Waals surface area contributed by atoms with Crippen molar-refractivity contribution in [1.82, 2.24) is 0 Å². The molecule has 7 heteroatoms. The van der Waals surface area contributed by atoms with Crippen LogP contribution < -0.4 is 30.2 Å². The lowest BCUT2D eigenvalue weighted by Crippen LogP contribution is -2.19. The second-order valence-electron chi connectivity index (χ2n) is 6.75. The highest BCUT2D eigenvalue weighted by atomic mass is 16.5. The summed E-state index contributed by atoms with van der Waals surface area (Å²) in [5, 5.41) is 8.97. The number of anilines is 4. The van der Waals surface area contributed by atoms with Crippen molar-refractivity contribution in [3.63, 3.8) is 0 Å². The van der Waals surface area contributed by atoms with Crippen LogP contribution in [0.2, 0.25) is 0 Å². The molecule has 32 heavy (non-hydrogen) atoms. The molecule has 0 atom stereocenters. The summed E-state index contributed by atoms with van der Waals surface area (Å²) in [6, 6.07) is 20.4. The van der Waals surface area contributed by atoms with Crippen LogP contribution >= 0.6 is 0 Å². The van der Waals surface area contributed by atoms with Gasteiger partial charge >= 0.3 is 6.03 Å². The molecule has 0 aromatic heterocycles. The molecule has 0 saturated heterocycles. The summed E-state index contributed by atoms with van der Waals surface area (Å²) in [6.45, 7) is 7.07. The second-order valence-corrected chi connectivity index (χ2v) is 6.75. The lowest BCUT2D eigenvalue weighted by Gasteiger charge is -2.17. The Morgan fingerprint density at radius 2 is 1.16 bits per heavy atom. The topological polar surface area (TPSA) is 80.9 Å². The number of ether oxygens (including phenoxy) is 3. The Hall–Kier alpha value is -3.87. The Balaban J connectivity index is 1.68. The average Bonchev–Trinajstić information content (AvgIpc) is 2.78. The Morgan fingerprint density at radius 3 is 1.72 bits per heavy atom. The van der Waals surface area contributed by atoms with Crippen molar-refractivity contribution in [2.45, 2.75) is 20.8 Å². The minimum atomic E-state index is -0.372. The Labute approximate surface area is 188 Å². The first-order chi connectivity index (χ1) is 15.6. The summed E-state index contributed by atoms with van der Waals surface area (Å²) in [7, 11) is 0. The smallest absolute Gasteiger partial charge is 0.323 e. The van der Waals surface area contributed by atoms with Crippen molar-refractivity contribution in [3.8, 4) is 17.2 Å². The van der Waals surface area contributed by atoms with E-state index in [2.05, 4.69) is 16.0 Å². The molecule has 2 amide bonds. The molecule has 0 bridgehead atoms. The zero-order valence-electron chi connectivity index (χ0n) is 18.6. The third-order valence-corrected chi connectivity index (χ3v) is 4.37. The second kappa shape index (κ2) is 11.5. The number of urea groups is 1. The van der Waals surface area contributed by atoms with Crippen molar-refractivity contribution >= 4 is 28.8 Å². The molecule has 0 aliphatic carbocycles. The van der Waals surface area contributed by atoms with E-state index in [1.807, 2.05) is 75.4 Å². The maximum atomic E-state index is 12.6. The molecule has 3 aromatic rings. The Morgan fingerprint density at radius 1 is 0.656 bits per heavy atom. The summed E-state index contributed by atoms with van der Waals surface area (Å²) in [5.74, 6) is 1.57. The van der Waals surface area contributed by atoms with E-state index in [0.29, 0.717) is 48.4 Å². The van der Waals surface area contributed by atoms with Crippen molar-refractivity contribution < 1.29 is 19.0 Å². The van der Waals surface area contributed by atoms with Gasteiger partial charge in [-0.2, -0.15) is 0 Å². The molecule has 0 aliphatic rings. The van der Waals surface area contributed by atoms with E-state index in [1.165, 1.54) is 0 Å². The average molecular weight is 436 g/mol. The molecule has 0 saturated carbocycles. The number of amides is 2. The van der Waals surface area contributed by atoms with Gasteiger partial charge in [0.1, 0.15) is 0 Å². The molecule has 0 spiro atoms. The summed E-state index contributed by atoms with van der Waals surface area (Å²) < 4.78 is 17.1. The van der Waals surface area contributed by atoms with Gasteiger partial charge < -0.3 is 30.2 Å². The van der Waals surface area contributed by atoms with Gasteiger partial charge in [-0.15, -0.1) is 0 Å². The Kier molecular flexibility index (Phi) is 8.20. The van der Waals surface area contributed by atoms with Crippen LogP contribution in [0.1, 0.15) is 20.8 Å². The van der Waals surface area contributed by atoms with Crippen molar-refractivity contribution in [1.29, 1.82) is 0 Å². The lowest BCUT2D eigenvalue weighted by atomic mass is 10.2. The van der Waals surface area contributed by atoms with E-state index in [-0.39, 0.29) is 6.03 Å². The van der Waals surface area contributed by atoms with Gasteiger partial charge in [-0.3, -0.25) is 0 Å². The number of nitrogens with one attached hydrogen (secondary N) is 3. The molecular weight excluding hydrogens is 406 g/mol. The number of rotatable bonds is 10. The van der Waals surface area contributed by atoms with Gasteiger partial charge in [0.2, 0.25) is 5.75 Å².